The van der Waals surface area contributed by atoms with Crippen molar-refractivity contribution in [3.05, 3.63) is 41.0 Å². The summed E-state index contributed by atoms with van der Waals surface area (Å²) in [6, 6.07) is 5.67. The van der Waals surface area contributed by atoms with Crippen LogP contribution in [0.3, 0.4) is 0 Å². The van der Waals surface area contributed by atoms with Crippen molar-refractivity contribution in [3.8, 4) is 10.6 Å². The molecule has 0 unspecified atom stereocenters. The fourth-order valence-electron chi connectivity index (χ4n) is 3.26. The van der Waals surface area contributed by atoms with Crippen LogP contribution in [0.1, 0.15) is 22.6 Å². The molecule has 3 aromatic rings. The molecule has 0 aliphatic carbocycles. The molecule has 0 radical (unpaired) electrons. The Balaban J connectivity index is 1.49. The van der Waals surface area contributed by atoms with E-state index in [1.807, 2.05) is 0 Å². The number of rotatable bonds is 6. The van der Waals surface area contributed by atoms with Crippen molar-refractivity contribution in [2.75, 3.05) is 39.4 Å². The third-order valence-electron chi connectivity index (χ3n) is 4.76. The third-order valence-corrected chi connectivity index (χ3v) is 5.66. The van der Waals surface area contributed by atoms with Crippen LogP contribution in [0.5, 0.6) is 0 Å². The largest absolute Gasteiger partial charge is 0.433 e. The fourth-order valence-corrected chi connectivity index (χ4v) is 3.94. The van der Waals surface area contributed by atoms with E-state index in [9.17, 15) is 18.0 Å². The summed E-state index contributed by atoms with van der Waals surface area (Å²) in [5.74, 6) is -0.520. The predicted octanol–water partition coefficient (Wildman–Crippen LogP) is 2.93. The van der Waals surface area contributed by atoms with Gasteiger partial charge in [-0.25, -0.2) is 9.50 Å². The number of nitrogens with zero attached hydrogens (tertiary/aromatic N) is 4. The maximum absolute atomic E-state index is 13.6. The molecule has 1 aliphatic heterocycles. The van der Waals surface area contributed by atoms with E-state index < -0.39 is 17.8 Å². The van der Waals surface area contributed by atoms with Gasteiger partial charge in [0, 0.05) is 25.7 Å². The van der Waals surface area contributed by atoms with Crippen molar-refractivity contribution in [2.45, 2.75) is 12.6 Å². The average Bonchev–Trinajstić information content (AvgIpc) is 3.40. The molecule has 0 spiro atoms. The fraction of sp³-hybridized carbons (Fsp3) is 0.421. The lowest BCUT2D eigenvalue weighted by Gasteiger charge is -2.26. The second-order valence-corrected chi connectivity index (χ2v) is 7.81. The number of amides is 1. The number of morpholine rings is 1. The number of hydrogen-bond donors (Lipinski definition) is 1. The molecule has 160 valence electrons. The van der Waals surface area contributed by atoms with E-state index >= 15 is 0 Å². The van der Waals surface area contributed by atoms with Crippen molar-refractivity contribution < 1.29 is 22.7 Å². The molecule has 4 rings (SSSR count). The Labute approximate surface area is 174 Å². The van der Waals surface area contributed by atoms with E-state index in [-0.39, 0.29) is 17.0 Å². The number of fused-ring (bicyclic) bond motifs is 1. The van der Waals surface area contributed by atoms with Crippen molar-refractivity contribution in [3.63, 3.8) is 0 Å². The Morgan fingerprint density at radius 2 is 2.07 bits per heavy atom. The molecule has 1 N–H and O–H groups in total. The number of aromatic nitrogens is 3. The van der Waals surface area contributed by atoms with Crippen LogP contribution in [0.2, 0.25) is 0 Å². The number of thiophene rings is 1. The summed E-state index contributed by atoms with van der Waals surface area (Å²) in [6.07, 6.45) is -3.90. The summed E-state index contributed by atoms with van der Waals surface area (Å²) in [5.41, 5.74) is -0.890. The van der Waals surface area contributed by atoms with Crippen LogP contribution >= 0.6 is 11.3 Å². The van der Waals surface area contributed by atoms with E-state index in [0.717, 1.165) is 32.1 Å². The highest BCUT2D eigenvalue weighted by atomic mass is 32.1. The third kappa shape index (κ3) is 4.63. The molecule has 0 aromatic carbocycles. The first kappa shape index (κ1) is 20.8. The summed E-state index contributed by atoms with van der Waals surface area (Å²) in [5, 5.41) is 8.35. The van der Waals surface area contributed by atoms with Gasteiger partial charge in [-0.1, -0.05) is 6.07 Å². The Morgan fingerprint density at radius 1 is 1.27 bits per heavy atom. The topological polar surface area (TPSA) is 71.8 Å². The molecule has 7 nitrogen and oxygen atoms in total. The molecule has 0 saturated carbocycles. The standard InChI is InChI=1S/C19H20F3N5O2S/c20-19(21,22)16-11-13(15-3-1-10-30-15)24-17-12-14(25-27(16)17)18(28)23-4-2-5-26-6-8-29-9-7-26/h1,3,10-12H,2,4-9H2,(H,23,28). The SMILES string of the molecule is O=C(NCCCN1CCOCC1)c1cc2nc(-c3cccs3)cc(C(F)(F)F)n2n1. The van der Waals surface area contributed by atoms with E-state index in [4.69, 9.17) is 4.74 Å². The zero-order chi connectivity index (χ0) is 21.1. The molecule has 0 bridgehead atoms. The predicted molar refractivity (Wildman–Crippen MR) is 106 cm³/mol. The first-order chi connectivity index (χ1) is 14.4. The number of ether oxygens (including phenoxy) is 1. The summed E-state index contributed by atoms with van der Waals surface area (Å²) < 4.78 is 46.7. The van der Waals surface area contributed by atoms with Gasteiger partial charge in [-0.05, 0) is 30.5 Å². The minimum Gasteiger partial charge on any atom is -0.379 e. The van der Waals surface area contributed by atoms with Gasteiger partial charge in [0.05, 0.1) is 23.8 Å². The minimum absolute atomic E-state index is 0.0216. The second kappa shape index (κ2) is 8.70. The zero-order valence-electron chi connectivity index (χ0n) is 16.0. The molecule has 3 aromatic heterocycles. The van der Waals surface area contributed by atoms with Crippen LogP contribution in [0.25, 0.3) is 16.2 Å². The van der Waals surface area contributed by atoms with E-state index in [2.05, 4.69) is 20.3 Å². The van der Waals surface area contributed by atoms with Crippen molar-refractivity contribution in [2.24, 2.45) is 0 Å². The maximum atomic E-state index is 13.6. The van der Waals surface area contributed by atoms with Crippen LogP contribution in [-0.4, -0.2) is 64.8 Å². The molecule has 30 heavy (non-hydrogen) atoms. The van der Waals surface area contributed by atoms with E-state index in [1.54, 1.807) is 17.5 Å². The van der Waals surface area contributed by atoms with Gasteiger partial charge in [-0.2, -0.15) is 18.3 Å². The Bertz CT molecular complexity index is 1010. The van der Waals surface area contributed by atoms with E-state index in [1.165, 1.54) is 17.4 Å². The number of hydrogen-bond acceptors (Lipinski definition) is 6. The number of alkyl halides is 3. The molecule has 1 fully saturated rings. The first-order valence-electron chi connectivity index (χ1n) is 9.52. The lowest BCUT2D eigenvalue weighted by molar-refractivity contribution is -0.142. The second-order valence-electron chi connectivity index (χ2n) is 6.86. The zero-order valence-corrected chi connectivity index (χ0v) is 16.8. The number of carbonyl (C=O) groups is 1. The van der Waals surface area contributed by atoms with Gasteiger partial charge in [0.2, 0.25) is 0 Å². The Hall–Kier alpha value is -2.50. The molecular formula is C19H20F3N5O2S. The average molecular weight is 439 g/mol. The highest BCUT2D eigenvalue weighted by Gasteiger charge is 2.35. The van der Waals surface area contributed by atoms with Crippen LogP contribution in [0, 0.1) is 0 Å². The summed E-state index contributed by atoms with van der Waals surface area (Å²) >= 11 is 1.29. The van der Waals surface area contributed by atoms with Gasteiger partial charge in [0.1, 0.15) is 0 Å². The summed E-state index contributed by atoms with van der Waals surface area (Å²) in [4.78, 5) is 19.5. The van der Waals surface area contributed by atoms with E-state index in [0.29, 0.717) is 29.2 Å². The lowest BCUT2D eigenvalue weighted by Crippen LogP contribution is -2.38. The van der Waals surface area contributed by atoms with Gasteiger partial charge in [0.25, 0.3) is 5.91 Å². The quantitative estimate of drug-likeness (QED) is 0.598. The monoisotopic (exact) mass is 439 g/mol. The highest BCUT2D eigenvalue weighted by molar-refractivity contribution is 7.13. The highest BCUT2D eigenvalue weighted by Crippen LogP contribution is 2.33. The molecule has 1 saturated heterocycles. The number of carbonyl (C=O) groups excluding carboxylic acids is 1. The number of halogens is 3. The van der Waals surface area contributed by atoms with Crippen LogP contribution < -0.4 is 5.32 Å². The van der Waals surface area contributed by atoms with Gasteiger partial charge >= 0.3 is 6.18 Å². The minimum atomic E-state index is -4.63. The van der Waals surface area contributed by atoms with Crippen molar-refractivity contribution in [1.29, 1.82) is 0 Å². The van der Waals surface area contributed by atoms with Gasteiger partial charge < -0.3 is 10.1 Å². The molecule has 0 atom stereocenters. The smallest absolute Gasteiger partial charge is 0.379 e. The molecule has 1 aliphatic rings. The number of nitrogens with one attached hydrogen (secondary N) is 1. The summed E-state index contributed by atoms with van der Waals surface area (Å²) in [6.45, 7) is 4.35. The van der Waals surface area contributed by atoms with Crippen molar-refractivity contribution >= 4 is 22.9 Å². The molecule has 4 heterocycles. The van der Waals surface area contributed by atoms with Gasteiger partial charge in [-0.15, -0.1) is 11.3 Å². The Kier molecular flexibility index (Phi) is 6.02. The van der Waals surface area contributed by atoms with Crippen LogP contribution in [-0.2, 0) is 10.9 Å². The lowest BCUT2D eigenvalue weighted by atomic mass is 10.2. The van der Waals surface area contributed by atoms with Gasteiger partial charge in [-0.3, -0.25) is 9.69 Å². The Morgan fingerprint density at radius 3 is 2.77 bits per heavy atom. The normalized spacial score (nSPS) is 15.6. The van der Waals surface area contributed by atoms with Crippen LogP contribution in [0.15, 0.2) is 29.6 Å². The summed E-state index contributed by atoms with van der Waals surface area (Å²) in [7, 11) is 0. The molecular weight excluding hydrogens is 419 g/mol. The molecule has 1 amide bonds. The molecule has 11 heteroatoms. The maximum Gasteiger partial charge on any atom is 0.433 e. The van der Waals surface area contributed by atoms with Gasteiger partial charge in [0.15, 0.2) is 17.0 Å². The first-order valence-corrected chi connectivity index (χ1v) is 10.4. The van der Waals surface area contributed by atoms with Crippen LogP contribution in [0.4, 0.5) is 13.2 Å². The van der Waals surface area contributed by atoms with Crippen molar-refractivity contribution in [1.82, 2.24) is 24.8 Å².